The molecule has 0 fully saturated rings. The van der Waals surface area contributed by atoms with Crippen LogP contribution in [0, 0.1) is 12.5 Å². The van der Waals surface area contributed by atoms with Crippen LogP contribution in [0.4, 0.5) is 4.79 Å². The Kier molecular flexibility index (Phi) is 8.46. The lowest BCUT2D eigenvalue weighted by Crippen LogP contribution is -2.50. The number of benzene rings is 2. The maximum Gasteiger partial charge on any atom is 0.408 e. The first-order chi connectivity index (χ1) is 15.5. The van der Waals surface area contributed by atoms with Gasteiger partial charge in [-0.05, 0) is 39.3 Å². The molecule has 2 unspecified atom stereocenters. The summed E-state index contributed by atoms with van der Waals surface area (Å²) in [5.41, 5.74) is 0.244. The molecule has 2 aromatic carbocycles. The number of rotatable bonds is 7. The topological polar surface area (TPSA) is 108 Å². The van der Waals surface area contributed by atoms with Gasteiger partial charge in [0, 0.05) is 18.2 Å². The van der Waals surface area contributed by atoms with Gasteiger partial charge >= 0.3 is 6.09 Å². The van der Waals surface area contributed by atoms with E-state index in [2.05, 4.69) is 16.7 Å². The average molecular weight is 452 g/mol. The van der Waals surface area contributed by atoms with Crippen LogP contribution in [0.5, 0.6) is 5.75 Å². The van der Waals surface area contributed by atoms with Crippen molar-refractivity contribution in [3.05, 3.63) is 65.7 Å². The van der Waals surface area contributed by atoms with Gasteiger partial charge in [0.1, 0.15) is 17.4 Å². The number of phenols is 1. The van der Waals surface area contributed by atoms with Gasteiger partial charge in [0.25, 0.3) is 5.91 Å². The maximum atomic E-state index is 13.2. The van der Waals surface area contributed by atoms with E-state index >= 15 is 0 Å². The van der Waals surface area contributed by atoms with E-state index in [-0.39, 0.29) is 17.9 Å². The second-order valence-corrected chi connectivity index (χ2v) is 8.37. The molecule has 3 amide bonds. The van der Waals surface area contributed by atoms with E-state index in [4.69, 9.17) is 11.2 Å². The van der Waals surface area contributed by atoms with Crippen LogP contribution in [0.15, 0.2) is 54.6 Å². The number of amides is 3. The highest BCUT2D eigenvalue weighted by Crippen LogP contribution is 2.29. The lowest BCUT2D eigenvalue weighted by molar-refractivity contribution is -0.138. The van der Waals surface area contributed by atoms with Crippen LogP contribution in [0.2, 0.25) is 0 Å². The fourth-order valence-electron chi connectivity index (χ4n) is 3.02. The van der Waals surface area contributed by atoms with Crippen LogP contribution in [-0.4, -0.2) is 39.6 Å². The number of carbonyl (C=O) groups is 3. The molecule has 0 aliphatic carbocycles. The smallest absolute Gasteiger partial charge is 0.408 e. The van der Waals surface area contributed by atoms with Crippen LogP contribution in [0.1, 0.15) is 44.9 Å². The Hall–Kier alpha value is -3.99. The molecule has 8 heteroatoms. The summed E-state index contributed by atoms with van der Waals surface area (Å²) in [6.45, 7) is 6.71. The first-order valence-electron chi connectivity index (χ1n) is 10.4. The first-order valence-corrected chi connectivity index (χ1v) is 10.4. The Morgan fingerprint density at radius 2 is 1.70 bits per heavy atom. The molecule has 2 aromatic rings. The average Bonchev–Trinajstić information content (AvgIpc) is 2.75. The first kappa shape index (κ1) is 25.3. The number of terminal acetylenes is 1. The third-order valence-corrected chi connectivity index (χ3v) is 4.53. The van der Waals surface area contributed by atoms with Gasteiger partial charge in [-0.1, -0.05) is 55.0 Å². The minimum absolute atomic E-state index is 0.152. The zero-order chi connectivity index (χ0) is 24.6. The molecule has 8 nitrogen and oxygen atoms in total. The fraction of sp³-hybridized carbons (Fsp3) is 0.320. The van der Waals surface area contributed by atoms with Crippen LogP contribution < -0.4 is 10.6 Å². The van der Waals surface area contributed by atoms with Gasteiger partial charge in [0.2, 0.25) is 5.91 Å². The summed E-state index contributed by atoms with van der Waals surface area (Å²) < 4.78 is 5.18. The predicted molar refractivity (Wildman–Crippen MR) is 124 cm³/mol. The van der Waals surface area contributed by atoms with E-state index in [1.54, 1.807) is 32.9 Å². The van der Waals surface area contributed by atoms with Crippen molar-refractivity contribution in [2.75, 3.05) is 0 Å². The van der Waals surface area contributed by atoms with E-state index in [0.717, 1.165) is 10.5 Å². The van der Waals surface area contributed by atoms with E-state index in [0.29, 0.717) is 0 Å². The summed E-state index contributed by atoms with van der Waals surface area (Å²) in [5, 5.41) is 15.6. The van der Waals surface area contributed by atoms with Crippen molar-refractivity contribution < 1.29 is 24.2 Å². The number of aromatic hydroxyl groups is 1. The Bertz CT molecular complexity index is 1020. The van der Waals surface area contributed by atoms with Crippen molar-refractivity contribution in [3.63, 3.8) is 0 Å². The molecule has 0 radical (unpaired) electrons. The zero-order valence-electron chi connectivity index (χ0n) is 19.2. The molecule has 2 rings (SSSR count). The van der Waals surface area contributed by atoms with Gasteiger partial charge in [-0.3, -0.25) is 14.5 Å². The second-order valence-electron chi connectivity index (χ2n) is 8.37. The predicted octanol–water partition coefficient (Wildman–Crippen LogP) is 3.08. The lowest BCUT2D eigenvalue weighted by Gasteiger charge is -2.29. The van der Waals surface area contributed by atoms with Crippen molar-refractivity contribution >= 4 is 17.9 Å². The summed E-state index contributed by atoms with van der Waals surface area (Å²) in [4.78, 5) is 39.3. The Morgan fingerprint density at radius 1 is 1.09 bits per heavy atom. The highest BCUT2D eigenvalue weighted by molar-refractivity contribution is 5.93. The normalized spacial score (nSPS) is 12.6. The molecular formula is C25H29N3O5. The minimum atomic E-state index is -1.32. The standard InChI is InChI=1S/C25H29N3O5/c1-6-28(23(31)17(2)27-24(32)33-25(3,4)5)21(19-14-10-11-15-20(19)29)22(30)26-16-18-12-8-7-9-13-18/h1,7-15,17,21,29H,16H2,2-5H3,(H,26,30)(H,27,32). The summed E-state index contributed by atoms with van der Waals surface area (Å²) in [6.07, 6.45) is 4.83. The maximum absolute atomic E-state index is 13.2. The molecule has 0 saturated heterocycles. The lowest BCUT2D eigenvalue weighted by atomic mass is 10.0. The van der Waals surface area contributed by atoms with Crippen LogP contribution in [-0.2, 0) is 20.9 Å². The van der Waals surface area contributed by atoms with E-state index in [1.807, 2.05) is 30.3 Å². The third kappa shape index (κ3) is 7.28. The van der Waals surface area contributed by atoms with Crippen LogP contribution in [0.25, 0.3) is 0 Å². The van der Waals surface area contributed by atoms with Crippen LogP contribution in [0.3, 0.4) is 0 Å². The van der Waals surface area contributed by atoms with E-state index in [1.165, 1.54) is 19.1 Å². The summed E-state index contributed by atoms with van der Waals surface area (Å²) in [6, 6.07) is 15.1. The molecule has 0 heterocycles. The van der Waals surface area contributed by atoms with Gasteiger partial charge in [0.15, 0.2) is 6.04 Å². The largest absolute Gasteiger partial charge is 0.508 e. The number of phenolic OH excluding ortho intramolecular Hbond substituents is 1. The van der Waals surface area contributed by atoms with Gasteiger partial charge in [-0.25, -0.2) is 4.79 Å². The molecule has 0 aliphatic rings. The monoisotopic (exact) mass is 451 g/mol. The fourth-order valence-corrected chi connectivity index (χ4v) is 3.02. The van der Waals surface area contributed by atoms with Crippen molar-refractivity contribution in [1.29, 1.82) is 0 Å². The number of nitrogens with one attached hydrogen (secondary N) is 2. The molecule has 0 spiro atoms. The number of alkyl carbamates (subject to hydrolysis) is 1. The van der Waals surface area contributed by atoms with E-state index in [9.17, 15) is 19.5 Å². The summed E-state index contributed by atoms with van der Waals surface area (Å²) in [7, 11) is 0. The Balaban J connectivity index is 2.28. The van der Waals surface area contributed by atoms with Crippen molar-refractivity contribution in [1.82, 2.24) is 15.5 Å². The minimum Gasteiger partial charge on any atom is -0.508 e. The Labute approximate surface area is 193 Å². The summed E-state index contributed by atoms with van der Waals surface area (Å²) >= 11 is 0. The molecule has 174 valence electrons. The quantitative estimate of drug-likeness (QED) is 0.443. The number of hydrogen-bond acceptors (Lipinski definition) is 5. The number of nitrogens with zero attached hydrogens (tertiary/aromatic N) is 1. The Morgan fingerprint density at radius 3 is 2.27 bits per heavy atom. The molecule has 0 aliphatic heterocycles. The van der Waals surface area contributed by atoms with E-state index < -0.39 is 35.6 Å². The molecule has 2 atom stereocenters. The van der Waals surface area contributed by atoms with Gasteiger partial charge in [0.05, 0.1) is 0 Å². The van der Waals surface area contributed by atoms with Gasteiger partial charge < -0.3 is 20.5 Å². The highest BCUT2D eigenvalue weighted by atomic mass is 16.6. The SMILES string of the molecule is C#CN(C(=O)C(C)NC(=O)OC(C)(C)C)C(C(=O)NCc1ccccc1)c1ccccc1O. The zero-order valence-corrected chi connectivity index (χ0v) is 19.2. The van der Waals surface area contributed by atoms with Crippen molar-refractivity contribution in [3.8, 4) is 18.2 Å². The molecular weight excluding hydrogens is 422 g/mol. The number of ether oxygens (including phenoxy) is 1. The van der Waals surface area contributed by atoms with Gasteiger partial charge in [-0.2, -0.15) is 0 Å². The molecule has 0 aromatic heterocycles. The number of para-hydroxylation sites is 1. The van der Waals surface area contributed by atoms with Gasteiger partial charge in [-0.15, -0.1) is 0 Å². The molecule has 3 N–H and O–H groups in total. The summed E-state index contributed by atoms with van der Waals surface area (Å²) in [5.74, 6) is -1.50. The van der Waals surface area contributed by atoms with Crippen molar-refractivity contribution in [2.45, 2.75) is 51.9 Å². The highest BCUT2D eigenvalue weighted by Gasteiger charge is 2.35. The molecule has 0 bridgehead atoms. The van der Waals surface area contributed by atoms with Crippen molar-refractivity contribution in [2.24, 2.45) is 0 Å². The molecule has 0 saturated carbocycles. The molecule has 33 heavy (non-hydrogen) atoms. The number of carbonyl (C=O) groups excluding carboxylic acids is 3. The number of hydrogen-bond donors (Lipinski definition) is 3. The second kappa shape index (κ2) is 11.0. The third-order valence-electron chi connectivity index (χ3n) is 4.53. The van der Waals surface area contributed by atoms with Crippen LogP contribution >= 0.6 is 0 Å².